The van der Waals surface area contributed by atoms with Crippen LogP contribution in [0.25, 0.3) is 0 Å². The highest BCUT2D eigenvalue weighted by atomic mass is 32.2. The molecule has 1 aromatic rings. The van der Waals surface area contributed by atoms with Crippen LogP contribution in [0.1, 0.15) is 12.0 Å². The van der Waals surface area contributed by atoms with Gasteiger partial charge in [-0.1, -0.05) is 30.0 Å². The summed E-state index contributed by atoms with van der Waals surface area (Å²) < 4.78 is 11.3. The highest BCUT2D eigenvalue weighted by molar-refractivity contribution is 8.23. The van der Waals surface area contributed by atoms with Crippen LogP contribution in [-0.2, 0) is 16.0 Å². The monoisotopic (exact) mass is 395 g/mol. The Morgan fingerprint density at radius 1 is 1.15 bits per heavy atom. The third-order valence-corrected chi connectivity index (χ3v) is 5.81. The van der Waals surface area contributed by atoms with Crippen molar-refractivity contribution in [1.82, 2.24) is 14.9 Å². The van der Waals surface area contributed by atoms with Gasteiger partial charge in [0, 0.05) is 27.2 Å². The summed E-state index contributed by atoms with van der Waals surface area (Å²) in [7, 11) is 3.69. The number of thioether (sulfide) groups is 1. The summed E-state index contributed by atoms with van der Waals surface area (Å²) in [5.74, 6) is 1.36. The molecule has 1 saturated heterocycles. The van der Waals surface area contributed by atoms with Crippen molar-refractivity contribution in [1.29, 1.82) is 0 Å². The molecule has 0 saturated carbocycles. The first-order valence-corrected chi connectivity index (χ1v) is 9.68. The van der Waals surface area contributed by atoms with Gasteiger partial charge in [-0.25, -0.2) is 0 Å². The molecule has 9 heteroatoms. The number of hydrazine groups is 1. The Hall–Kier alpha value is -2.00. The molecule has 0 radical (unpaired) electrons. The molecule has 0 aliphatic carbocycles. The molecule has 0 spiro atoms. The summed E-state index contributed by atoms with van der Waals surface area (Å²) in [4.78, 5) is 27.0. The molecule has 0 aromatic heterocycles. The molecule has 2 aliphatic heterocycles. The number of amides is 2. The van der Waals surface area contributed by atoms with E-state index in [9.17, 15) is 9.59 Å². The van der Waals surface area contributed by atoms with E-state index >= 15 is 0 Å². The van der Waals surface area contributed by atoms with Crippen molar-refractivity contribution >= 4 is 40.1 Å². The highest BCUT2D eigenvalue weighted by Gasteiger charge is 2.30. The Balaban J connectivity index is 1.59. The van der Waals surface area contributed by atoms with E-state index in [2.05, 4.69) is 0 Å². The van der Waals surface area contributed by atoms with Crippen molar-refractivity contribution in [2.24, 2.45) is 0 Å². The molecule has 1 fully saturated rings. The predicted molar refractivity (Wildman–Crippen MR) is 103 cm³/mol. The molecule has 0 unspecified atom stereocenters. The van der Waals surface area contributed by atoms with E-state index < -0.39 is 0 Å². The topological polar surface area (TPSA) is 62.3 Å². The minimum atomic E-state index is -0.102. The number of nitrogens with zero attached hydrogens (tertiary/aromatic N) is 3. The molecule has 3 rings (SSSR count). The Morgan fingerprint density at radius 3 is 2.58 bits per heavy atom. The van der Waals surface area contributed by atoms with Gasteiger partial charge in [0.1, 0.15) is 4.32 Å². The number of hydrogen-bond donors (Lipinski definition) is 0. The fourth-order valence-electron chi connectivity index (χ4n) is 2.77. The summed E-state index contributed by atoms with van der Waals surface area (Å²) in [6.07, 6.45) is 0.991. The van der Waals surface area contributed by atoms with Crippen molar-refractivity contribution in [2.45, 2.75) is 12.8 Å². The fourth-order valence-corrected chi connectivity index (χ4v) is 3.61. The van der Waals surface area contributed by atoms with E-state index in [1.54, 1.807) is 21.0 Å². The first-order valence-electron chi connectivity index (χ1n) is 8.29. The van der Waals surface area contributed by atoms with Gasteiger partial charge in [0.2, 0.25) is 12.7 Å². The Kier molecular flexibility index (Phi) is 5.87. The number of hydrogen-bond acceptors (Lipinski definition) is 6. The van der Waals surface area contributed by atoms with E-state index in [4.69, 9.17) is 21.7 Å². The van der Waals surface area contributed by atoms with Crippen LogP contribution < -0.4 is 9.47 Å². The number of thiocarbonyl (C=S) groups is 1. The standard InChI is InChI=1S/C17H21N3O4S2/c1-18(2)17(25)26-10-16(22)20-7-3-6-19(20)15(21)9-12-4-5-13-14(8-12)24-11-23-13/h4-5,8H,3,6-7,9-11H2,1-2H3. The molecular weight excluding hydrogens is 374 g/mol. The minimum Gasteiger partial charge on any atom is -0.454 e. The number of ether oxygens (including phenoxy) is 2. The number of carbonyl (C=O) groups excluding carboxylic acids is 2. The molecule has 26 heavy (non-hydrogen) atoms. The lowest BCUT2D eigenvalue weighted by molar-refractivity contribution is -0.155. The number of rotatable bonds is 4. The largest absolute Gasteiger partial charge is 0.454 e. The predicted octanol–water partition coefficient (Wildman–Crippen LogP) is 1.51. The van der Waals surface area contributed by atoms with Gasteiger partial charge < -0.3 is 14.4 Å². The minimum absolute atomic E-state index is 0.101. The molecule has 7 nitrogen and oxygen atoms in total. The van der Waals surface area contributed by atoms with Gasteiger partial charge in [-0.2, -0.15) is 0 Å². The third-order valence-electron chi connectivity index (χ3n) is 4.08. The summed E-state index contributed by atoms with van der Waals surface area (Å²) in [5.41, 5.74) is 0.835. The lowest BCUT2D eigenvalue weighted by Gasteiger charge is -2.28. The van der Waals surface area contributed by atoms with Crippen LogP contribution in [0.3, 0.4) is 0 Å². The maximum atomic E-state index is 12.7. The SMILES string of the molecule is CN(C)C(=S)SCC(=O)N1CCCN1C(=O)Cc1ccc2c(c1)OCO2. The quantitative estimate of drug-likeness (QED) is 0.716. The zero-order valence-corrected chi connectivity index (χ0v) is 16.4. The van der Waals surface area contributed by atoms with E-state index in [0.717, 1.165) is 12.0 Å². The Morgan fingerprint density at radius 2 is 1.85 bits per heavy atom. The van der Waals surface area contributed by atoms with Gasteiger partial charge in [-0.3, -0.25) is 19.6 Å². The van der Waals surface area contributed by atoms with Crippen LogP contribution in [0, 0.1) is 0 Å². The number of fused-ring (bicyclic) bond motifs is 1. The second kappa shape index (κ2) is 8.13. The van der Waals surface area contributed by atoms with Crippen LogP contribution in [0.15, 0.2) is 18.2 Å². The second-order valence-corrected chi connectivity index (χ2v) is 7.81. The average Bonchev–Trinajstić information content (AvgIpc) is 3.27. The third kappa shape index (κ3) is 4.21. The number of benzene rings is 1. The van der Waals surface area contributed by atoms with Gasteiger partial charge in [0.15, 0.2) is 11.5 Å². The fraction of sp³-hybridized carbons (Fsp3) is 0.471. The Labute approximate surface area is 162 Å². The average molecular weight is 396 g/mol. The van der Waals surface area contributed by atoms with Crippen LogP contribution in [-0.4, -0.2) is 70.8 Å². The molecule has 2 heterocycles. The normalized spacial score (nSPS) is 15.3. The van der Waals surface area contributed by atoms with Crippen LogP contribution in [0.4, 0.5) is 0 Å². The molecule has 0 atom stereocenters. The lowest BCUT2D eigenvalue weighted by Crippen LogP contribution is -2.46. The molecule has 0 bridgehead atoms. The van der Waals surface area contributed by atoms with Gasteiger partial charge in [0.05, 0.1) is 12.2 Å². The maximum Gasteiger partial charge on any atom is 0.251 e. The second-order valence-electron chi connectivity index (χ2n) is 6.20. The molecule has 0 N–H and O–H groups in total. The van der Waals surface area contributed by atoms with E-state index in [1.165, 1.54) is 11.8 Å². The summed E-state index contributed by atoms with van der Waals surface area (Å²) in [6, 6.07) is 5.46. The highest BCUT2D eigenvalue weighted by Crippen LogP contribution is 2.32. The van der Waals surface area contributed by atoms with Crippen LogP contribution in [0.5, 0.6) is 11.5 Å². The number of carbonyl (C=O) groups is 2. The zero-order valence-electron chi connectivity index (χ0n) is 14.8. The molecule has 1 aromatic carbocycles. The van der Waals surface area contributed by atoms with Crippen LogP contribution in [0.2, 0.25) is 0 Å². The lowest BCUT2D eigenvalue weighted by atomic mass is 10.1. The van der Waals surface area contributed by atoms with Crippen LogP contribution >= 0.6 is 24.0 Å². The summed E-state index contributed by atoms with van der Waals surface area (Å²) in [6.45, 7) is 1.31. The van der Waals surface area contributed by atoms with Crippen molar-refractivity contribution in [3.05, 3.63) is 23.8 Å². The van der Waals surface area contributed by atoms with Crippen molar-refractivity contribution in [2.75, 3.05) is 39.7 Å². The summed E-state index contributed by atoms with van der Waals surface area (Å²) in [5, 5.41) is 3.09. The van der Waals surface area contributed by atoms with Gasteiger partial charge in [0.25, 0.3) is 5.91 Å². The van der Waals surface area contributed by atoms with Gasteiger partial charge >= 0.3 is 0 Å². The van der Waals surface area contributed by atoms with Crippen molar-refractivity contribution in [3.8, 4) is 11.5 Å². The summed E-state index contributed by atoms with van der Waals surface area (Å²) >= 11 is 6.50. The van der Waals surface area contributed by atoms with E-state index in [-0.39, 0.29) is 30.8 Å². The van der Waals surface area contributed by atoms with Gasteiger partial charge in [-0.05, 0) is 24.1 Å². The molecule has 2 amide bonds. The van der Waals surface area contributed by atoms with Crippen molar-refractivity contribution in [3.63, 3.8) is 0 Å². The molecule has 2 aliphatic rings. The molecular formula is C17H21N3O4S2. The smallest absolute Gasteiger partial charge is 0.251 e. The zero-order chi connectivity index (χ0) is 18.7. The van der Waals surface area contributed by atoms with Gasteiger partial charge in [-0.15, -0.1) is 0 Å². The Bertz CT molecular complexity index is 726. The van der Waals surface area contributed by atoms with Crippen molar-refractivity contribution < 1.29 is 19.1 Å². The maximum absolute atomic E-state index is 12.7. The molecule has 140 valence electrons. The first kappa shape index (κ1) is 18.8. The first-order chi connectivity index (χ1) is 12.5. The van der Waals surface area contributed by atoms with E-state index in [1.807, 2.05) is 26.2 Å². The van der Waals surface area contributed by atoms with E-state index in [0.29, 0.717) is 28.9 Å².